The predicted octanol–water partition coefficient (Wildman–Crippen LogP) is 5.75. The number of hydrogen-bond acceptors (Lipinski definition) is 8. The summed E-state index contributed by atoms with van der Waals surface area (Å²) < 4.78 is 12.1. The molecule has 0 bridgehead atoms. The number of para-hydroxylation sites is 2. The van der Waals surface area contributed by atoms with Gasteiger partial charge in [0.2, 0.25) is 0 Å². The van der Waals surface area contributed by atoms with Crippen LogP contribution in [0.15, 0.2) is 79.3 Å². The molecule has 5 rings (SSSR count). The van der Waals surface area contributed by atoms with Crippen molar-refractivity contribution < 1.29 is 19.4 Å². The van der Waals surface area contributed by atoms with Crippen LogP contribution >= 0.6 is 0 Å². The molecule has 2 aromatic carbocycles. The van der Waals surface area contributed by atoms with E-state index in [1.54, 1.807) is 18.6 Å². The van der Waals surface area contributed by atoms with Crippen LogP contribution in [0.3, 0.4) is 0 Å². The molecular weight excluding hydrogens is 506 g/mol. The summed E-state index contributed by atoms with van der Waals surface area (Å²) in [4.78, 5) is 26.9. The Labute approximate surface area is 233 Å². The van der Waals surface area contributed by atoms with Gasteiger partial charge in [-0.25, -0.2) is 9.97 Å². The van der Waals surface area contributed by atoms with Gasteiger partial charge in [0.25, 0.3) is 0 Å². The second kappa shape index (κ2) is 12.9. The number of nitrogens with one attached hydrogen (secondary N) is 1. The molecule has 1 aliphatic rings. The molecule has 40 heavy (non-hydrogen) atoms. The van der Waals surface area contributed by atoms with Gasteiger partial charge in [-0.1, -0.05) is 36.4 Å². The standard InChI is InChI=1S/C31H33N5O4/c1-2-39-26-10-3-4-11-27(26)40-25-9-6-16-36(21-25)30-20-32-19-29(35-30)34-28-18-24(14-15-33-28)23-8-5-7-22(17-23)12-13-31(37)38/h3-5,7-8,10-11,14-15,17-20,25H,2,6,9,12-13,16,21H2,1H3,(H,37,38)(H,33,34,35)/t25-/m1/s1. The molecule has 0 aliphatic carbocycles. The maximum atomic E-state index is 11.0. The Balaban J connectivity index is 1.26. The fraction of sp³-hybridized carbons (Fsp3) is 0.290. The highest BCUT2D eigenvalue weighted by molar-refractivity contribution is 5.69. The van der Waals surface area contributed by atoms with Crippen LogP contribution in [0.5, 0.6) is 11.5 Å². The van der Waals surface area contributed by atoms with Gasteiger partial charge in [0, 0.05) is 19.2 Å². The largest absolute Gasteiger partial charge is 0.490 e. The molecule has 206 valence electrons. The maximum Gasteiger partial charge on any atom is 0.303 e. The first-order chi connectivity index (χ1) is 19.6. The number of nitrogens with zero attached hydrogens (tertiary/aromatic N) is 4. The van der Waals surface area contributed by atoms with Gasteiger partial charge in [0.05, 0.1) is 25.5 Å². The van der Waals surface area contributed by atoms with Crippen LogP contribution in [0.4, 0.5) is 17.5 Å². The number of piperidine rings is 1. The quantitative estimate of drug-likeness (QED) is 0.246. The fourth-order valence-electron chi connectivity index (χ4n) is 4.78. The SMILES string of the molecule is CCOc1ccccc1O[C@@H]1CCCN(c2cncc(Nc3cc(-c4cccc(CCC(=O)O)c4)ccn3)n2)C1. The summed E-state index contributed by atoms with van der Waals surface area (Å²) in [5.74, 6) is 2.74. The van der Waals surface area contributed by atoms with Crippen molar-refractivity contribution in [1.29, 1.82) is 0 Å². The number of carbonyl (C=O) groups is 1. The molecule has 1 aliphatic heterocycles. The van der Waals surface area contributed by atoms with Crippen molar-refractivity contribution in [1.82, 2.24) is 15.0 Å². The average Bonchev–Trinajstić information content (AvgIpc) is 2.98. The van der Waals surface area contributed by atoms with E-state index in [1.165, 1.54) is 0 Å². The number of rotatable bonds is 11. The van der Waals surface area contributed by atoms with Gasteiger partial charge in [-0.2, -0.15) is 0 Å². The third-order valence-corrected chi connectivity index (χ3v) is 6.67. The lowest BCUT2D eigenvalue weighted by atomic mass is 10.0. The van der Waals surface area contributed by atoms with Crippen molar-refractivity contribution >= 4 is 23.4 Å². The van der Waals surface area contributed by atoms with Gasteiger partial charge in [-0.3, -0.25) is 9.78 Å². The lowest BCUT2D eigenvalue weighted by molar-refractivity contribution is -0.136. The average molecular weight is 540 g/mol. The maximum absolute atomic E-state index is 11.0. The molecule has 0 radical (unpaired) electrons. The minimum atomic E-state index is -0.802. The molecule has 1 fully saturated rings. The highest BCUT2D eigenvalue weighted by atomic mass is 16.5. The zero-order valence-corrected chi connectivity index (χ0v) is 22.5. The van der Waals surface area contributed by atoms with Crippen LogP contribution in [0.2, 0.25) is 0 Å². The molecule has 0 spiro atoms. The van der Waals surface area contributed by atoms with E-state index in [0.717, 1.165) is 53.4 Å². The number of anilines is 3. The number of benzene rings is 2. The molecule has 9 heteroatoms. The molecule has 1 atom stereocenters. The third kappa shape index (κ3) is 7.05. The Morgan fingerprint density at radius 2 is 1.90 bits per heavy atom. The van der Waals surface area contributed by atoms with E-state index in [2.05, 4.69) is 20.2 Å². The summed E-state index contributed by atoms with van der Waals surface area (Å²) in [5.41, 5.74) is 2.95. The normalized spacial score (nSPS) is 14.9. The third-order valence-electron chi connectivity index (χ3n) is 6.67. The summed E-state index contributed by atoms with van der Waals surface area (Å²) in [6.07, 6.45) is 7.74. The van der Waals surface area contributed by atoms with E-state index >= 15 is 0 Å². The minimum absolute atomic E-state index is 0.0124. The van der Waals surface area contributed by atoms with Crippen molar-refractivity contribution in [3.63, 3.8) is 0 Å². The molecule has 2 N–H and O–H groups in total. The lowest BCUT2D eigenvalue weighted by Gasteiger charge is -2.33. The van der Waals surface area contributed by atoms with Crippen molar-refractivity contribution in [3.8, 4) is 22.6 Å². The Bertz CT molecular complexity index is 1450. The summed E-state index contributed by atoms with van der Waals surface area (Å²) in [6, 6.07) is 19.6. The minimum Gasteiger partial charge on any atom is -0.490 e. The summed E-state index contributed by atoms with van der Waals surface area (Å²) in [6.45, 7) is 4.12. The molecule has 9 nitrogen and oxygen atoms in total. The molecule has 0 unspecified atom stereocenters. The highest BCUT2D eigenvalue weighted by Gasteiger charge is 2.24. The van der Waals surface area contributed by atoms with E-state index in [1.807, 2.05) is 67.6 Å². The highest BCUT2D eigenvalue weighted by Crippen LogP contribution is 2.30. The van der Waals surface area contributed by atoms with Gasteiger partial charge in [-0.05, 0) is 67.1 Å². The Morgan fingerprint density at radius 3 is 2.75 bits per heavy atom. The van der Waals surface area contributed by atoms with Crippen molar-refractivity contribution in [2.75, 3.05) is 29.9 Å². The van der Waals surface area contributed by atoms with Gasteiger partial charge in [0.1, 0.15) is 17.7 Å². The van der Waals surface area contributed by atoms with Crippen molar-refractivity contribution in [2.24, 2.45) is 0 Å². The molecule has 2 aromatic heterocycles. The van der Waals surface area contributed by atoms with E-state index in [-0.39, 0.29) is 12.5 Å². The molecule has 0 amide bonds. The number of carboxylic acid groups (broad SMARTS) is 1. The second-order valence-electron chi connectivity index (χ2n) is 9.62. The van der Waals surface area contributed by atoms with Crippen LogP contribution in [-0.4, -0.2) is 51.8 Å². The number of ether oxygens (including phenoxy) is 2. The van der Waals surface area contributed by atoms with Crippen LogP contribution < -0.4 is 19.7 Å². The first kappa shape index (κ1) is 26.9. The number of hydrogen-bond donors (Lipinski definition) is 2. The zero-order chi connectivity index (χ0) is 27.7. The van der Waals surface area contributed by atoms with Gasteiger partial charge in [0.15, 0.2) is 17.3 Å². The van der Waals surface area contributed by atoms with E-state index < -0.39 is 5.97 Å². The first-order valence-electron chi connectivity index (χ1n) is 13.6. The van der Waals surface area contributed by atoms with Crippen molar-refractivity contribution in [3.05, 3.63) is 84.8 Å². The number of carboxylic acids is 1. The smallest absolute Gasteiger partial charge is 0.303 e. The first-order valence-corrected chi connectivity index (χ1v) is 13.6. The van der Waals surface area contributed by atoms with E-state index in [4.69, 9.17) is 19.6 Å². The molecular formula is C31H33N5O4. The Kier molecular flexibility index (Phi) is 8.70. The van der Waals surface area contributed by atoms with Crippen LogP contribution in [0.1, 0.15) is 31.7 Å². The monoisotopic (exact) mass is 539 g/mol. The topological polar surface area (TPSA) is 110 Å². The van der Waals surface area contributed by atoms with Crippen LogP contribution in [0, 0.1) is 0 Å². The zero-order valence-electron chi connectivity index (χ0n) is 22.5. The molecule has 3 heterocycles. The van der Waals surface area contributed by atoms with Crippen molar-refractivity contribution in [2.45, 2.75) is 38.7 Å². The number of aromatic nitrogens is 3. The molecule has 1 saturated heterocycles. The number of aryl methyl sites for hydroxylation is 1. The fourth-order valence-corrected chi connectivity index (χ4v) is 4.78. The van der Waals surface area contributed by atoms with Crippen LogP contribution in [0.25, 0.3) is 11.1 Å². The van der Waals surface area contributed by atoms with Gasteiger partial charge >= 0.3 is 5.97 Å². The summed E-state index contributed by atoms with van der Waals surface area (Å²) >= 11 is 0. The predicted molar refractivity (Wildman–Crippen MR) is 154 cm³/mol. The Hall–Kier alpha value is -4.66. The van der Waals surface area contributed by atoms with Gasteiger partial charge < -0.3 is 24.8 Å². The van der Waals surface area contributed by atoms with Crippen LogP contribution in [-0.2, 0) is 11.2 Å². The number of pyridine rings is 1. The molecule has 0 saturated carbocycles. The molecule has 4 aromatic rings. The lowest BCUT2D eigenvalue weighted by Crippen LogP contribution is -2.41. The van der Waals surface area contributed by atoms with Gasteiger partial charge in [-0.15, -0.1) is 0 Å². The van der Waals surface area contributed by atoms with E-state index in [9.17, 15) is 4.79 Å². The Morgan fingerprint density at radius 1 is 1.05 bits per heavy atom. The van der Waals surface area contributed by atoms with E-state index in [0.29, 0.717) is 31.2 Å². The second-order valence-corrected chi connectivity index (χ2v) is 9.62. The summed E-state index contributed by atoms with van der Waals surface area (Å²) in [5, 5.41) is 12.3. The summed E-state index contributed by atoms with van der Waals surface area (Å²) in [7, 11) is 0. The number of aliphatic carboxylic acids is 1.